The number of nitrogens with two attached hydrogens (primary N) is 1. The van der Waals surface area contributed by atoms with Gasteiger partial charge < -0.3 is 16.0 Å². The summed E-state index contributed by atoms with van der Waals surface area (Å²) in [6, 6.07) is 12.2. The van der Waals surface area contributed by atoms with E-state index in [1.165, 1.54) is 24.4 Å². The molecule has 1 fully saturated rings. The summed E-state index contributed by atoms with van der Waals surface area (Å²) in [7, 11) is 0. The van der Waals surface area contributed by atoms with Crippen molar-refractivity contribution in [2.45, 2.75) is 12.2 Å². The van der Waals surface area contributed by atoms with Crippen molar-refractivity contribution in [3.63, 3.8) is 0 Å². The maximum absolute atomic E-state index is 13.6. The van der Waals surface area contributed by atoms with Crippen LogP contribution in [0.1, 0.15) is 37.5 Å². The van der Waals surface area contributed by atoms with Crippen molar-refractivity contribution in [2.24, 2.45) is 0 Å². The van der Waals surface area contributed by atoms with E-state index in [2.05, 4.69) is 15.3 Å². The molecule has 6 nitrogen and oxygen atoms in total. The first-order valence-electron chi connectivity index (χ1n) is 9.81. The van der Waals surface area contributed by atoms with Crippen LogP contribution in [0.4, 0.5) is 24.8 Å². The molecule has 1 unspecified atom stereocenters. The summed E-state index contributed by atoms with van der Waals surface area (Å²) in [5.41, 5.74) is 4.73. The summed E-state index contributed by atoms with van der Waals surface area (Å²) in [4.78, 5) is 22.7. The number of carbonyl (C=O) groups excluding carboxylic acids is 1. The number of aromatic nitrogens is 2. The number of piperazine rings is 1. The highest BCUT2D eigenvalue weighted by molar-refractivity contribution is 6.30. The summed E-state index contributed by atoms with van der Waals surface area (Å²) in [5, 5.41) is 3.96. The van der Waals surface area contributed by atoms with Crippen LogP contribution in [0.2, 0.25) is 5.02 Å². The number of nitrogen functional groups attached to an aromatic ring is 1. The van der Waals surface area contributed by atoms with Crippen molar-refractivity contribution in [1.29, 1.82) is 0 Å². The van der Waals surface area contributed by atoms with E-state index in [1.54, 1.807) is 6.07 Å². The van der Waals surface area contributed by atoms with Crippen molar-refractivity contribution in [1.82, 2.24) is 15.3 Å². The van der Waals surface area contributed by atoms with Crippen molar-refractivity contribution in [3.05, 3.63) is 82.1 Å². The molecule has 0 spiro atoms. The average Bonchev–Trinajstić information content (AvgIpc) is 2.78. The number of anilines is 2. The summed E-state index contributed by atoms with van der Waals surface area (Å²) in [6.07, 6.45) is -3.39. The summed E-state index contributed by atoms with van der Waals surface area (Å²) in [5.74, 6) is -0.801. The number of ketones is 1. The molecule has 1 aromatic carbocycles. The van der Waals surface area contributed by atoms with Crippen molar-refractivity contribution in [3.8, 4) is 0 Å². The van der Waals surface area contributed by atoms with Gasteiger partial charge in [0.05, 0.1) is 11.1 Å². The molecule has 4 rings (SSSR count). The standard InChI is InChI=1S/C22H19ClF3N5O.3H2/c23-14-4-1-3-13(11-14)17-12-31(10-9-28-17)18-7-6-16(22(24,25)26)19(30-18)20(32)15-5-2-8-29-21(15)27;;;/h1-8,11,17,28H,9-10,12H2,(H2,27,29);3*1H. The molecule has 0 aliphatic carbocycles. The van der Waals surface area contributed by atoms with Crippen molar-refractivity contribution < 1.29 is 22.2 Å². The number of carbonyl (C=O) groups is 1. The average molecular weight is 468 g/mol. The lowest BCUT2D eigenvalue weighted by Gasteiger charge is -2.35. The van der Waals surface area contributed by atoms with Crippen LogP contribution < -0.4 is 16.0 Å². The third kappa shape index (κ3) is 4.53. The minimum absolute atomic E-state index is 0. The first kappa shape index (κ1) is 22.0. The zero-order valence-electron chi connectivity index (χ0n) is 16.7. The molecule has 3 heterocycles. The number of benzene rings is 1. The second-order valence-electron chi connectivity index (χ2n) is 7.34. The quantitative estimate of drug-likeness (QED) is 0.533. The van der Waals surface area contributed by atoms with Crippen LogP contribution in [-0.4, -0.2) is 35.4 Å². The van der Waals surface area contributed by atoms with Gasteiger partial charge in [-0.2, -0.15) is 13.2 Å². The molecule has 172 valence electrons. The number of nitrogens with zero attached hydrogens (tertiary/aromatic N) is 3. The molecular weight excluding hydrogens is 443 g/mol. The van der Waals surface area contributed by atoms with Gasteiger partial charge in [-0.05, 0) is 42.0 Å². The Labute approximate surface area is 191 Å². The zero-order chi connectivity index (χ0) is 22.9. The van der Waals surface area contributed by atoms with Gasteiger partial charge >= 0.3 is 6.18 Å². The Kier molecular flexibility index (Phi) is 6.03. The van der Waals surface area contributed by atoms with E-state index in [0.717, 1.165) is 11.6 Å². The number of alkyl halides is 3. The summed E-state index contributed by atoms with van der Waals surface area (Å²) < 4.78 is 40.9. The van der Waals surface area contributed by atoms with Crippen LogP contribution >= 0.6 is 11.6 Å². The lowest BCUT2D eigenvalue weighted by molar-refractivity contribution is -0.138. The molecular formula is C22H25ClF3N5O. The topological polar surface area (TPSA) is 84.1 Å². The highest BCUT2D eigenvalue weighted by atomic mass is 35.5. The Hall–Kier alpha value is -3.17. The van der Waals surface area contributed by atoms with Gasteiger partial charge in [-0.15, -0.1) is 0 Å². The molecule has 1 atom stereocenters. The lowest BCUT2D eigenvalue weighted by Crippen LogP contribution is -2.46. The van der Waals surface area contributed by atoms with Gasteiger partial charge in [0.2, 0.25) is 5.78 Å². The molecule has 2 aromatic heterocycles. The first-order chi connectivity index (χ1) is 15.2. The van der Waals surface area contributed by atoms with Crippen LogP contribution in [-0.2, 0) is 6.18 Å². The minimum atomic E-state index is -4.75. The van der Waals surface area contributed by atoms with Crippen LogP contribution in [0.3, 0.4) is 0 Å². The molecule has 10 heteroatoms. The number of rotatable bonds is 4. The number of hydrogen-bond acceptors (Lipinski definition) is 6. The van der Waals surface area contributed by atoms with E-state index in [4.69, 9.17) is 17.3 Å². The molecule has 0 amide bonds. The maximum atomic E-state index is 13.6. The maximum Gasteiger partial charge on any atom is 0.418 e. The molecule has 0 saturated carbocycles. The fraction of sp³-hybridized carbons (Fsp3) is 0.227. The van der Waals surface area contributed by atoms with E-state index < -0.39 is 23.2 Å². The van der Waals surface area contributed by atoms with E-state index in [-0.39, 0.29) is 27.5 Å². The SMILES string of the molecule is Nc1ncccc1C(=O)c1nc(N2CCNC(c3cccc(Cl)c3)C2)ccc1C(F)(F)F.[HH].[HH].[HH]. The minimum Gasteiger partial charge on any atom is -0.383 e. The Bertz CT molecular complexity index is 1170. The molecule has 32 heavy (non-hydrogen) atoms. The van der Waals surface area contributed by atoms with Gasteiger partial charge in [-0.1, -0.05) is 23.7 Å². The van der Waals surface area contributed by atoms with Gasteiger partial charge in [0.15, 0.2) is 0 Å². The predicted molar refractivity (Wildman–Crippen MR) is 122 cm³/mol. The van der Waals surface area contributed by atoms with Gasteiger partial charge in [0.1, 0.15) is 17.3 Å². The van der Waals surface area contributed by atoms with Crippen LogP contribution in [0.5, 0.6) is 0 Å². The third-order valence-electron chi connectivity index (χ3n) is 5.23. The Balaban J connectivity index is 0.00000204. The second kappa shape index (κ2) is 8.76. The summed E-state index contributed by atoms with van der Waals surface area (Å²) >= 11 is 6.09. The number of hydrogen-bond donors (Lipinski definition) is 2. The number of halogens is 4. The van der Waals surface area contributed by atoms with E-state index in [9.17, 15) is 18.0 Å². The summed E-state index contributed by atoms with van der Waals surface area (Å²) in [6.45, 7) is 1.54. The number of nitrogens with one attached hydrogen (secondary N) is 1. The molecule has 0 bridgehead atoms. The van der Waals surface area contributed by atoms with Crippen molar-refractivity contribution >= 4 is 29.0 Å². The number of pyridine rings is 2. The smallest absolute Gasteiger partial charge is 0.383 e. The predicted octanol–water partition coefficient (Wildman–Crippen LogP) is 4.85. The molecule has 0 radical (unpaired) electrons. The van der Waals surface area contributed by atoms with E-state index >= 15 is 0 Å². The molecule has 3 aromatic rings. The third-order valence-corrected chi connectivity index (χ3v) is 5.47. The Morgan fingerprint density at radius 3 is 2.75 bits per heavy atom. The molecule has 3 N–H and O–H groups in total. The highest BCUT2D eigenvalue weighted by Crippen LogP contribution is 2.34. The van der Waals surface area contributed by atoms with Gasteiger partial charge in [0.25, 0.3) is 0 Å². The van der Waals surface area contributed by atoms with Gasteiger partial charge in [-0.25, -0.2) is 9.97 Å². The van der Waals surface area contributed by atoms with Crippen LogP contribution in [0.25, 0.3) is 0 Å². The largest absolute Gasteiger partial charge is 0.418 e. The monoisotopic (exact) mass is 467 g/mol. The Morgan fingerprint density at radius 1 is 1.22 bits per heavy atom. The second-order valence-corrected chi connectivity index (χ2v) is 7.77. The van der Waals surface area contributed by atoms with Crippen LogP contribution in [0.15, 0.2) is 54.7 Å². The highest BCUT2D eigenvalue weighted by Gasteiger charge is 2.37. The van der Waals surface area contributed by atoms with Gasteiger partial charge in [-0.3, -0.25) is 4.79 Å². The van der Waals surface area contributed by atoms with Crippen molar-refractivity contribution in [2.75, 3.05) is 30.3 Å². The normalized spacial score (nSPS) is 16.8. The fourth-order valence-electron chi connectivity index (χ4n) is 3.67. The molecule has 1 aliphatic rings. The van der Waals surface area contributed by atoms with Crippen LogP contribution in [0, 0.1) is 0 Å². The molecule has 1 saturated heterocycles. The first-order valence-corrected chi connectivity index (χ1v) is 10.2. The van der Waals surface area contributed by atoms with E-state index in [1.807, 2.05) is 23.1 Å². The van der Waals surface area contributed by atoms with E-state index in [0.29, 0.717) is 24.7 Å². The fourth-order valence-corrected chi connectivity index (χ4v) is 3.87. The van der Waals surface area contributed by atoms with Gasteiger partial charge in [0, 0.05) is 41.2 Å². The Morgan fingerprint density at radius 2 is 2.03 bits per heavy atom. The lowest BCUT2D eigenvalue weighted by atomic mass is 10.0. The zero-order valence-corrected chi connectivity index (χ0v) is 17.5. The molecule has 1 aliphatic heterocycles.